The molecule has 0 fully saturated rings. The lowest BCUT2D eigenvalue weighted by Gasteiger charge is -2.36. The van der Waals surface area contributed by atoms with E-state index in [4.69, 9.17) is 5.73 Å². The zero-order valence-electron chi connectivity index (χ0n) is 18.1. The molecule has 154 valence electrons. The van der Waals surface area contributed by atoms with Crippen molar-refractivity contribution in [1.29, 1.82) is 0 Å². The van der Waals surface area contributed by atoms with Crippen LogP contribution in [0, 0.1) is 5.41 Å². The van der Waals surface area contributed by atoms with Crippen molar-refractivity contribution in [3.63, 3.8) is 0 Å². The van der Waals surface area contributed by atoms with Gasteiger partial charge in [0.1, 0.15) is 0 Å². The first-order valence-corrected chi connectivity index (χ1v) is 11.0. The molecule has 0 radical (unpaired) electrons. The van der Waals surface area contributed by atoms with E-state index in [9.17, 15) is 4.79 Å². The minimum atomic E-state index is 0.102. The zero-order valence-corrected chi connectivity index (χ0v) is 18.1. The molecule has 0 spiro atoms. The molecular weight excluding hydrogens is 356 g/mol. The van der Waals surface area contributed by atoms with Crippen LogP contribution in [0.2, 0.25) is 0 Å². The summed E-state index contributed by atoms with van der Waals surface area (Å²) in [5, 5.41) is 0. The number of carbonyl (C=O) groups is 1. The molecule has 3 rings (SSSR count). The average molecular weight is 391 g/mol. The van der Waals surface area contributed by atoms with Gasteiger partial charge in [-0.3, -0.25) is 4.79 Å². The van der Waals surface area contributed by atoms with Crippen LogP contribution in [0.5, 0.6) is 0 Å². The first-order valence-electron chi connectivity index (χ1n) is 11.0. The van der Waals surface area contributed by atoms with Crippen LogP contribution in [-0.2, 0) is 6.42 Å². The van der Waals surface area contributed by atoms with Gasteiger partial charge in [0.2, 0.25) is 0 Å². The van der Waals surface area contributed by atoms with Gasteiger partial charge in [0.25, 0.3) is 5.91 Å². The van der Waals surface area contributed by atoms with Gasteiger partial charge in [-0.25, -0.2) is 0 Å². The lowest BCUT2D eigenvalue weighted by Crippen LogP contribution is -2.30. The Hall–Kier alpha value is -2.39. The number of rotatable bonds is 8. The summed E-state index contributed by atoms with van der Waals surface area (Å²) in [5.74, 6) is 0.102. The summed E-state index contributed by atoms with van der Waals surface area (Å²) < 4.78 is 0. The molecule has 0 saturated heterocycles. The van der Waals surface area contributed by atoms with Gasteiger partial charge in [0.15, 0.2) is 0 Å². The second-order valence-corrected chi connectivity index (χ2v) is 8.05. The van der Waals surface area contributed by atoms with Crippen LogP contribution in [0.3, 0.4) is 0 Å². The molecule has 3 nitrogen and oxygen atoms in total. The normalized spacial score (nSPS) is 18.1. The molecule has 1 atom stereocenters. The van der Waals surface area contributed by atoms with Gasteiger partial charge in [-0.2, -0.15) is 0 Å². The fourth-order valence-electron chi connectivity index (χ4n) is 4.49. The molecular formula is C26H34N2O. The third-order valence-corrected chi connectivity index (χ3v) is 6.38. The summed E-state index contributed by atoms with van der Waals surface area (Å²) in [7, 11) is 0. The third-order valence-electron chi connectivity index (χ3n) is 6.38. The van der Waals surface area contributed by atoms with Gasteiger partial charge in [-0.1, -0.05) is 49.4 Å². The molecule has 0 saturated carbocycles. The maximum Gasteiger partial charge on any atom is 0.253 e. The van der Waals surface area contributed by atoms with Gasteiger partial charge >= 0.3 is 0 Å². The van der Waals surface area contributed by atoms with Crippen LogP contribution in [0.15, 0.2) is 54.6 Å². The van der Waals surface area contributed by atoms with Crippen LogP contribution in [0.25, 0.3) is 5.57 Å². The van der Waals surface area contributed by atoms with Gasteiger partial charge < -0.3 is 10.6 Å². The van der Waals surface area contributed by atoms with Crippen molar-refractivity contribution in [3.8, 4) is 0 Å². The number of hydrogen-bond acceptors (Lipinski definition) is 2. The van der Waals surface area contributed by atoms with Crippen molar-refractivity contribution in [1.82, 2.24) is 4.90 Å². The molecule has 2 N–H and O–H groups in total. The fraction of sp³-hybridized carbons (Fsp3) is 0.423. The van der Waals surface area contributed by atoms with Crippen molar-refractivity contribution in [2.75, 3.05) is 19.6 Å². The van der Waals surface area contributed by atoms with Crippen LogP contribution >= 0.6 is 0 Å². The Morgan fingerprint density at radius 3 is 2.34 bits per heavy atom. The molecule has 1 aliphatic carbocycles. The molecule has 1 unspecified atom stereocenters. The van der Waals surface area contributed by atoms with E-state index >= 15 is 0 Å². The minimum Gasteiger partial charge on any atom is -0.339 e. The second kappa shape index (κ2) is 9.41. The Morgan fingerprint density at radius 1 is 1.03 bits per heavy atom. The molecule has 1 amide bonds. The van der Waals surface area contributed by atoms with E-state index in [1.165, 1.54) is 22.3 Å². The third kappa shape index (κ3) is 4.45. The predicted octanol–water partition coefficient (Wildman–Crippen LogP) is 5.29. The van der Waals surface area contributed by atoms with E-state index in [2.05, 4.69) is 49.4 Å². The lowest BCUT2D eigenvalue weighted by atomic mass is 9.68. The molecule has 1 aliphatic rings. The SMILES string of the molecule is CCN(CC)C(=O)c1ccc(C2=CC(CC)(CCCN)Cc3ccccc32)cc1. The quantitative estimate of drug-likeness (QED) is 0.665. The highest BCUT2D eigenvalue weighted by Crippen LogP contribution is 2.44. The van der Waals surface area contributed by atoms with Crippen molar-refractivity contribution in [3.05, 3.63) is 76.9 Å². The number of amides is 1. The molecule has 0 bridgehead atoms. The highest BCUT2D eigenvalue weighted by Gasteiger charge is 2.32. The maximum absolute atomic E-state index is 12.7. The molecule has 0 aliphatic heterocycles. The number of fused-ring (bicyclic) bond motifs is 1. The lowest BCUT2D eigenvalue weighted by molar-refractivity contribution is 0.0773. The van der Waals surface area contributed by atoms with Gasteiger partial charge in [0.05, 0.1) is 0 Å². The Balaban J connectivity index is 2.00. The van der Waals surface area contributed by atoms with E-state index in [1.807, 2.05) is 30.9 Å². The summed E-state index contributed by atoms with van der Waals surface area (Å²) in [6, 6.07) is 16.9. The maximum atomic E-state index is 12.7. The van der Waals surface area contributed by atoms with Crippen LogP contribution in [0.4, 0.5) is 0 Å². The average Bonchev–Trinajstić information content (AvgIpc) is 2.78. The summed E-state index contributed by atoms with van der Waals surface area (Å²) in [6.45, 7) is 8.52. The number of carbonyl (C=O) groups excluding carboxylic acids is 1. The number of benzene rings is 2. The largest absolute Gasteiger partial charge is 0.339 e. The summed E-state index contributed by atoms with van der Waals surface area (Å²) in [4.78, 5) is 14.5. The molecule has 0 aromatic heterocycles. The molecule has 2 aromatic carbocycles. The zero-order chi connectivity index (χ0) is 20.9. The Labute approximate surface area is 175 Å². The van der Waals surface area contributed by atoms with E-state index in [0.29, 0.717) is 0 Å². The highest BCUT2D eigenvalue weighted by molar-refractivity contribution is 5.95. The first-order chi connectivity index (χ1) is 14.1. The van der Waals surface area contributed by atoms with E-state index in [0.717, 1.165) is 50.9 Å². The summed E-state index contributed by atoms with van der Waals surface area (Å²) in [5.41, 5.74) is 11.9. The number of allylic oxidation sites excluding steroid dienone is 1. The van der Waals surface area contributed by atoms with Crippen molar-refractivity contribution < 1.29 is 4.79 Å². The standard InChI is InChI=1S/C26H34N2O/c1-4-26(16-9-17-27)18-22-10-7-8-11-23(22)24(19-26)20-12-14-21(15-13-20)25(29)28(5-2)6-3/h7-8,10-15,19H,4-6,9,16-18,27H2,1-3H3. The van der Waals surface area contributed by atoms with Crippen LogP contribution in [0.1, 0.15) is 67.1 Å². The topological polar surface area (TPSA) is 46.3 Å². The molecule has 3 heteroatoms. The summed E-state index contributed by atoms with van der Waals surface area (Å²) >= 11 is 0. The van der Waals surface area contributed by atoms with E-state index < -0.39 is 0 Å². The van der Waals surface area contributed by atoms with Crippen molar-refractivity contribution in [2.45, 2.75) is 46.5 Å². The van der Waals surface area contributed by atoms with E-state index in [1.54, 1.807) is 0 Å². The summed E-state index contributed by atoms with van der Waals surface area (Å²) in [6.07, 6.45) is 6.80. The minimum absolute atomic E-state index is 0.102. The van der Waals surface area contributed by atoms with Gasteiger partial charge in [-0.05, 0) is 85.9 Å². The predicted molar refractivity (Wildman–Crippen MR) is 122 cm³/mol. The number of nitrogens with two attached hydrogens (primary N) is 1. The second-order valence-electron chi connectivity index (χ2n) is 8.05. The molecule has 2 aromatic rings. The number of nitrogens with zero attached hydrogens (tertiary/aromatic N) is 1. The van der Waals surface area contributed by atoms with Crippen molar-refractivity contribution >= 4 is 11.5 Å². The Bertz CT molecular complexity index is 865. The van der Waals surface area contributed by atoms with Gasteiger partial charge in [-0.15, -0.1) is 0 Å². The smallest absolute Gasteiger partial charge is 0.253 e. The first kappa shape index (κ1) is 21.3. The highest BCUT2D eigenvalue weighted by atomic mass is 16.2. The van der Waals surface area contributed by atoms with Crippen LogP contribution in [-0.4, -0.2) is 30.4 Å². The van der Waals surface area contributed by atoms with Crippen molar-refractivity contribution in [2.24, 2.45) is 11.1 Å². The fourth-order valence-corrected chi connectivity index (χ4v) is 4.49. The Morgan fingerprint density at radius 2 is 1.72 bits per heavy atom. The molecule has 0 heterocycles. The van der Waals surface area contributed by atoms with Crippen LogP contribution < -0.4 is 5.73 Å². The van der Waals surface area contributed by atoms with E-state index in [-0.39, 0.29) is 11.3 Å². The Kier molecular flexibility index (Phi) is 6.92. The monoisotopic (exact) mass is 390 g/mol. The van der Waals surface area contributed by atoms with Gasteiger partial charge in [0, 0.05) is 18.7 Å². The number of hydrogen-bond donors (Lipinski definition) is 1. The molecule has 29 heavy (non-hydrogen) atoms.